The Morgan fingerprint density at radius 1 is 1.13 bits per heavy atom. The normalized spacial score (nSPS) is 10.5. The molecule has 6 heteroatoms. The first-order valence-electron chi connectivity index (χ1n) is 7.21. The van der Waals surface area contributed by atoms with Crippen LogP contribution in [0.4, 0.5) is 5.82 Å². The maximum absolute atomic E-state index is 12.0. The molecule has 3 rings (SSSR count). The summed E-state index contributed by atoms with van der Waals surface area (Å²) < 4.78 is 2.69. The number of pyridine rings is 1. The van der Waals surface area contributed by atoms with E-state index in [1.165, 1.54) is 0 Å². The van der Waals surface area contributed by atoms with Crippen molar-refractivity contribution in [3.63, 3.8) is 0 Å². The number of benzene rings is 1. The highest BCUT2D eigenvalue weighted by molar-refractivity contribution is 9.10. The second kappa shape index (κ2) is 7.19. The van der Waals surface area contributed by atoms with Crippen molar-refractivity contribution in [2.45, 2.75) is 12.8 Å². The smallest absolute Gasteiger partial charge is 0.225 e. The Balaban J connectivity index is 1.55. The summed E-state index contributed by atoms with van der Waals surface area (Å²) in [6.45, 7) is 0. The molecule has 0 aliphatic rings. The summed E-state index contributed by atoms with van der Waals surface area (Å²) in [5, 5.41) is 7.11. The fourth-order valence-electron chi connectivity index (χ4n) is 2.12. The largest absolute Gasteiger partial charge is 0.311 e. The molecule has 0 unspecified atom stereocenters. The van der Waals surface area contributed by atoms with Gasteiger partial charge in [-0.2, -0.15) is 5.10 Å². The first kappa shape index (κ1) is 15.4. The topological polar surface area (TPSA) is 59.8 Å². The first-order chi connectivity index (χ1) is 11.2. The van der Waals surface area contributed by atoms with Gasteiger partial charge in [0.2, 0.25) is 5.91 Å². The standard InChI is InChI=1S/C17H15BrN4O/c18-14-7-8-16(19-11-14)21-17(23)9-6-13-10-20-22(12-13)15-4-2-1-3-5-15/h1-5,7-8,10-12H,6,9H2,(H,19,21,23). The van der Waals surface area contributed by atoms with Crippen molar-refractivity contribution in [1.82, 2.24) is 14.8 Å². The van der Waals surface area contributed by atoms with Crippen LogP contribution < -0.4 is 5.32 Å². The monoisotopic (exact) mass is 370 g/mol. The minimum absolute atomic E-state index is 0.0627. The second-order valence-electron chi connectivity index (χ2n) is 5.04. The number of carbonyl (C=O) groups is 1. The Morgan fingerprint density at radius 3 is 2.70 bits per heavy atom. The predicted octanol–water partition coefficient (Wildman–Crippen LogP) is 3.60. The Kier molecular flexibility index (Phi) is 4.83. The fourth-order valence-corrected chi connectivity index (χ4v) is 2.36. The number of hydrogen-bond donors (Lipinski definition) is 1. The molecule has 0 fully saturated rings. The van der Waals surface area contributed by atoms with Gasteiger partial charge in [-0.05, 0) is 52.2 Å². The summed E-state index contributed by atoms with van der Waals surface area (Å²) >= 11 is 3.31. The molecular formula is C17H15BrN4O. The van der Waals surface area contributed by atoms with E-state index in [2.05, 4.69) is 31.3 Å². The van der Waals surface area contributed by atoms with Crippen LogP contribution >= 0.6 is 15.9 Å². The molecule has 3 aromatic rings. The van der Waals surface area contributed by atoms with Gasteiger partial charge < -0.3 is 5.32 Å². The molecule has 1 amide bonds. The van der Waals surface area contributed by atoms with Crippen LogP contribution in [0.3, 0.4) is 0 Å². The molecule has 2 aromatic heterocycles. The van der Waals surface area contributed by atoms with E-state index in [4.69, 9.17) is 0 Å². The summed E-state index contributed by atoms with van der Waals surface area (Å²) in [5.74, 6) is 0.491. The minimum Gasteiger partial charge on any atom is -0.311 e. The van der Waals surface area contributed by atoms with E-state index >= 15 is 0 Å². The summed E-state index contributed by atoms with van der Waals surface area (Å²) in [4.78, 5) is 16.1. The summed E-state index contributed by atoms with van der Waals surface area (Å²) in [6.07, 6.45) is 6.41. The van der Waals surface area contributed by atoms with Gasteiger partial charge in [-0.25, -0.2) is 9.67 Å². The van der Waals surface area contributed by atoms with Gasteiger partial charge in [-0.3, -0.25) is 4.79 Å². The predicted molar refractivity (Wildman–Crippen MR) is 92.5 cm³/mol. The van der Waals surface area contributed by atoms with Crippen LogP contribution in [0, 0.1) is 0 Å². The van der Waals surface area contributed by atoms with E-state index in [1.54, 1.807) is 18.5 Å². The van der Waals surface area contributed by atoms with Gasteiger partial charge >= 0.3 is 0 Å². The fraction of sp³-hybridized carbons (Fsp3) is 0.118. The molecule has 23 heavy (non-hydrogen) atoms. The average molecular weight is 371 g/mol. The van der Waals surface area contributed by atoms with E-state index in [-0.39, 0.29) is 5.91 Å². The van der Waals surface area contributed by atoms with Gasteiger partial charge in [0.15, 0.2) is 0 Å². The lowest BCUT2D eigenvalue weighted by atomic mass is 10.2. The molecule has 1 N–H and O–H groups in total. The third-order valence-corrected chi connectivity index (χ3v) is 3.76. The number of para-hydroxylation sites is 1. The summed E-state index contributed by atoms with van der Waals surface area (Å²) in [7, 11) is 0. The molecule has 0 saturated heterocycles. The second-order valence-corrected chi connectivity index (χ2v) is 5.95. The van der Waals surface area contributed by atoms with Gasteiger partial charge in [0, 0.05) is 23.3 Å². The highest BCUT2D eigenvalue weighted by Gasteiger charge is 2.06. The zero-order chi connectivity index (χ0) is 16.1. The highest BCUT2D eigenvalue weighted by Crippen LogP contribution is 2.12. The summed E-state index contributed by atoms with van der Waals surface area (Å²) in [5.41, 5.74) is 2.02. The molecular weight excluding hydrogens is 356 g/mol. The van der Waals surface area contributed by atoms with Crippen molar-refractivity contribution in [1.29, 1.82) is 0 Å². The Hall–Kier alpha value is -2.47. The van der Waals surface area contributed by atoms with Crippen molar-refractivity contribution in [3.8, 4) is 5.69 Å². The van der Waals surface area contributed by atoms with Crippen LogP contribution in [0.1, 0.15) is 12.0 Å². The quantitative estimate of drug-likeness (QED) is 0.746. The molecule has 0 bridgehead atoms. The number of nitrogens with one attached hydrogen (secondary N) is 1. The number of rotatable bonds is 5. The Morgan fingerprint density at radius 2 is 1.96 bits per heavy atom. The van der Waals surface area contributed by atoms with E-state index in [1.807, 2.05) is 47.3 Å². The minimum atomic E-state index is -0.0627. The molecule has 0 spiro atoms. The van der Waals surface area contributed by atoms with Crippen LogP contribution in [0.25, 0.3) is 5.69 Å². The lowest BCUT2D eigenvalue weighted by molar-refractivity contribution is -0.116. The molecule has 1 aromatic carbocycles. The van der Waals surface area contributed by atoms with Crippen LogP contribution in [0.15, 0.2) is 65.5 Å². The number of anilines is 1. The zero-order valence-electron chi connectivity index (χ0n) is 12.3. The SMILES string of the molecule is O=C(CCc1cnn(-c2ccccc2)c1)Nc1ccc(Br)cn1. The van der Waals surface area contributed by atoms with Gasteiger partial charge in [-0.15, -0.1) is 0 Å². The highest BCUT2D eigenvalue weighted by atomic mass is 79.9. The number of aryl methyl sites for hydroxylation is 1. The molecule has 0 saturated carbocycles. The Labute approximate surface area is 142 Å². The van der Waals surface area contributed by atoms with Gasteiger partial charge in [-0.1, -0.05) is 18.2 Å². The van der Waals surface area contributed by atoms with Gasteiger partial charge in [0.25, 0.3) is 0 Å². The van der Waals surface area contributed by atoms with Gasteiger partial charge in [0.1, 0.15) is 5.82 Å². The number of carbonyl (C=O) groups excluding carboxylic acids is 1. The summed E-state index contributed by atoms with van der Waals surface area (Å²) in [6, 6.07) is 13.5. The molecule has 5 nitrogen and oxygen atoms in total. The molecule has 0 aliphatic heterocycles. The van der Waals surface area contributed by atoms with Crippen LogP contribution in [0.2, 0.25) is 0 Å². The first-order valence-corrected chi connectivity index (χ1v) is 8.00. The van der Waals surface area contributed by atoms with Crippen LogP contribution in [-0.2, 0) is 11.2 Å². The molecule has 0 radical (unpaired) electrons. The lowest BCUT2D eigenvalue weighted by Gasteiger charge is -2.03. The Bertz CT molecular complexity index is 784. The molecule has 0 atom stereocenters. The third-order valence-electron chi connectivity index (χ3n) is 3.29. The number of amides is 1. The van der Waals surface area contributed by atoms with Crippen molar-refractivity contribution in [2.24, 2.45) is 0 Å². The van der Waals surface area contributed by atoms with E-state index in [9.17, 15) is 4.79 Å². The van der Waals surface area contributed by atoms with Crippen LogP contribution in [0.5, 0.6) is 0 Å². The van der Waals surface area contributed by atoms with E-state index in [0.29, 0.717) is 18.7 Å². The number of nitrogens with zero attached hydrogens (tertiary/aromatic N) is 3. The van der Waals surface area contributed by atoms with Crippen molar-refractivity contribution < 1.29 is 4.79 Å². The van der Waals surface area contributed by atoms with E-state index in [0.717, 1.165) is 15.7 Å². The van der Waals surface area contributed by atoms with E-state index < -0.39 is 0 Å². The maximum Gasteiger partial charge on any atom is 0.225 e. The average Bonchev–Trinajstić information content (AvgIpc) is 3.05. The zero-order valence-corrected chi connectivity index (χ0v) is 13.9. The van der Waals surface area contributed by atoms with Crippen molar-refractivity contribution in [3.05, 3.63) is 71.1 Å². The van der Waals surface area contributed by atoms with Crippen molar-refractivity contribution in [2.75, 3.05) is 5.32 Å². The van der Waals surface area contributed by atoms with Gasteiger partial charge in [0.05, 0.1) is 11.9 Å². The molecule has 2 heterocycles. The number of hydrogen-bond acceptors (Lipinski definition) is 3. The van der Waals surface area contributed by atoms with Crippen molar-refractivity contribution >= 4 is 27.7 Å². The van der Waals surface area contributed by atoms with Crippen LogP contribution in [-0.4, -0.2) is 20.7 Å². The third kappa shape index (κ3) is 4.26. The molecule has 116 valence electrons. The number of halogens is 1. The lowest BCUT2D eigenvalue weighted by Crippen LogP contribution is -2.13. The molecule has 0 aliphatic carbocycles. The maximum atomic E-state index is 12.0. The number of aromatic nitrogens is 3.